The van der Waals surface area contributed by atoms with E-state index in [2.05, 4.69) is 21.3 Å². The van der Waals surface area contributed by atoms with Crippen LogP contribution in [0.2, 0.25) is 0 Å². The van der Waals surface area contributed by atoms with Crippen LogP contribution < -0.4 is 10.1 Å². The van der Waals surface area contributed by atoms with E-state index in [0.717, 1.165) is 29.2 Å². The molecule has 0 bridgehead atoms. The van der Waals surface area contributed by atoms with Crippen molar-refractivity contribution in [2.24, 2.45) is 0 Å². The Kier molecular flexibility index (Phi) is 8.69. The van der Waals surface area contributed by atoms with E-state index in [9.17, 15) is 18.5 Å². The Morgan fingerprint density at radius 1 is 1.09 bits per heavy atom. The van der Waals surface area contributed by atoms with E-state index in [-0.39, 0.29) is 30.0 Å². The molecule has 2 amide bonds. The first-order chi connectivity index (χ1) is 22.2. The summed E-state index contributed by atoms with van der Waals surface area (Å²) in [4.78, 5) is 38.5. The smallest absolute Gasteiger partial charge is 0.432 e. The number of aromatic nitrogens is 1. The predicted molar refractivity (Wildman–Crippen MR) is 168 cm³/mol. The third kappa shape index (κ3) is 5.36. The predicted octanol–water partition coefficient (Wildman–Crippen LogP) is 3.54. The molecule has 2 fully saturated rings. The van der Waals surface area contributed by atoms with E-state index in [1.54, 1.807) is 24.4 Å². The van der Waals surface area contributed by atoms with Crippen molar-refractivity contribution in [1.82, 2.24) is 19.7 Å². The quantitative estimate of drug-likeness (QED) is 0.377. The summed E-state index contributed by atoms with van der Waals surface area (Å²) in [7, 11) is -2.55. The van der Waals surface area contributed by atoms with E-state index < -0.39 is 39.6 Å². The molecule has 1 aromatic heterocycles. The Morgan fingerprint density at radius 3 is 2.52 bits per heavy atom. The average molecular weight is 645 g/mol. The zero-order chi connectivity index (χ0) is 32.5. The largest absolute Gasteiger partial charge is 0.478 e. The standard InChI is InChI=1S/C33H36N6O6S/c1-3-44-30-27(13-9-17-35-30)33(28-21-36-29-14-8-7-12-26(28)29)31(40)38(32(41)45-46(42,43)25-10-5-4-6-11-25)22-24(20-34)39(33)23-15-18-37(2)19-16-23/h4-14,17,23-24,28,36H,3,15-16,18-19,21-22H2,1-2H3. The van der Waals surface area contributed by atoms with Crippen LogP contribution in [0.3, 0.4) is 0 Å². The highest BCUT2D eigenvalue weighted by Crippen LogP contribution is 2.54. The van der Waals surface area contributed by atoms with Crippen LogP contribution in [0.25, 0.3) is 0 Å². The Hall–Kier alpha value is -4.51. The van der Waals surface area contributed by atoms with E-state index >= 15 is 4.79 Å². The molecule has 3 aliphatic heterocycles. The number of benzene rings is 2. The summed E-state index contributed by atoms with van der Waals surface area (Å²) in [5, 5.41) is 14.2. The second-order valence-corrected chi connectivity index (χ2v) is 13.2. The number of rotatable bonds is 7. The van der Waals surface area contributed by atoms with Crippen molar-refractivity contribution in [3.8, 4) is 11.9 Å². The van der Waals surface area contributed by atoms with Gasteiger partial charge in [0.1, 0.15) is 16.5 Å². The van der Waals surface area contributed by atoms with Gasteiger partial charge in [-0.25, -0.2) is 14.7 Å². The van der Waals surface area contributed by atoms with Crippen molar-refractivity contribution in [3.05, 3.63) is 84.1 Å². The third-order valence-corrected chi connectivity index (χ3v) is 10.3. The summed E-state index contributed by atoms with van der Waals surface area (Å²) in [6.45, 7) is 3.48. The van der Waals surface area contributed by atoms with Crippen LogP contribution in [0.1, 0.15) is 36.8 Å². The first kappa shape index (κ1) is 31.5. The topological polar surface area (TPSA) is 145 Å². The molecule has 240 valence electrons. The Balaban J connectivity index is 1.57. The lowest BCUT2D eigenvalue weighted by Crippen LogP contribution is -2.73. The van der Waals surface area contributed by atoms with Crippen LogP contribution in [0.5, 0.6) is 5.88 Å². The molecular formula is C33H36N6O6S. The maximum Gasteiger partial charge on any atom is 0.432 e. The van der Waals surface area contributed by atoms with Gasteiger partial charge in [-0.1, -0.05) is 36.4 Å². The SMILES string of the molecule is CCOc1ncccc1C1(C2CNc3ccccc32)C(=O)N(C(=O)OS(=O)(=O)c2ccccc2)CC(C#N)N1C1CCN(C)CC1. The number of carbonyl (C=O) groups is 2. The van der Waals surface area contributed by atoms with Gasteiger partial charge in [-0.05, 0) is 75.8 Å². The van der Waals surface area contributed by atoms with Gasteiger partial charge in [-0.3, -0.25) is 9.69 Å². The molecule has 6 rings (SSSR count). The monoisotopic (exact) mass is 644 g/mol. The van der Waals surface area contributed by atoms with Crippen LogP contribution in [0.4, 0.5) is 10.5 Å². The normalized spacial score (nSPS) is 24.1. The Bertz CT molecular complexity index is 1760. The number of likely N-dealkylation sites (tertiary alicyclic amines) is 1. The molecule has 1 N–H and O–H groups in total. The van der Waals surface area contributed by atoms with Crippen molar-refractivity contribution in [3.63, 3.8) is 0 Å². The second-order valence-electron chi connectivity index (χ2n) is 11.7. The van der Waals surface area contributed by atoms with Gasteiger partial charge in [-0.15, -0.1) is 0 Å². The number of ether oxygens (including phenoxy) is 1. The number of imide groups is 1. The fourth-order valence-electron chi connectivity index (χ4n) is 7.12. The molecule has 0 saturated carbocycles. The van der Waals surface area contributed by atoms with E-state index in [4.69, 9.17) is 8.92 Å². The van der Waals surface area contributed by atoms with Gasteiger partial charge in [0.05, 0.1) is 19.2 Å². The van der Waals surface area contributed by atoms with Crippen molar-refractivity contribution < 1.29 is 26.9 Å². The Labute approximate surface area is 268 Å². The number of nitrogens with one attached hydrogen (secondary N) is 1. The molecule has 3 aromatic rings. The highest BCUT2D eigenvalue weighted by atomic mass is 32.2. The van der Waals surface area contributed by atoms with Gasteiger partial charge in [0.15, 0.2) is 0 Å². The van der Waals surface area contributed by atoms with Crippen molar-refractivity contribution >= 4 is 27.8 Å². The maximum atomic E-state index is 15.4. The van der Waals surface area contributed by atoms with Crippen LogP contribution in [0, 0.1) is 11.3 Å². The summed E-state index contributed by atoms with van der Waals surface area (Å²) in [6.07, 6.45) is 1.53. The minimum Gasteiger partial charge on any atom is -0.478 e. The van der Waals surface area contributed by atoms with Gasteiger partial charge in [0.25, 0.3) is 5.91 Å². The minimum absolute atomic E-state index is 0.199. The highest BCUT2D eigenvalue weighted by Gasteiger charge is 2.64. The van der Waals surface area contributed by atoms with E-state index in [0.29, 0.717) is 24.9 Å². The van der Waals surface area contributed by atoms with Crippen molar-refractivity contribution in [2.75, 3.05) is 45.2 Å². The molecule has 2 saturated heterocycles. The molecule has 3 aliphatic rings. The fraction of sp³-hybridized carbons (Fsp3) is 0.394. The van der Waals surface area contributed by atoms with Crippen molar-refractivity contribution in [2.45, 2.75) is 48.2 Å². The molecule has 0 aliphatic carbocycles. The lowest BCUT2D eigenvalue weighted by molar-refractivity contribution is -0.160. The molecule has 0 spiro atoms. The molecule has 4 heterocycles. The summed E-state index contributed by atoms with van der Waals surface area (Å²) in [5.41, 5.74) is 0.342. The number of piperazine rings is 1. The molecule has 2 aromatic carbocycles. The lowest BCUT2D eigenvalue weighted by Gasteiger charge is -2.57. The second kappa shape index (κ2) is 12.7. The summed E-state index contributed by atoms with van der Waals surface area (Å²) in [5.74, 6) is -1.12. The molecular weight excluding hydrogens is 608 g/mol. The lowest BCUT2D eigenvalue weighted by atomic mass is 9.69. The summed E-state index contributed by atoms with van der Waals surface area (Å²) >= 11 is 0. The number of hydrogen-bond acceptors (Lipinski definition) is 11. The van der Waals surface area contributed by atoms with Gasteiger partial charge >= 0.3 is 16.2 Å². The summed E-state index contributed by atoms with van der Waals surface area (Å²) in [6, 6.07) is 19.5. The van der Waals surface area contributed by atoms with E-state index in [1.807, 2.05) is 43.1 Å². The number of amides is 2. The highest BCUT2D eigenvalue weighted by molar-refractivity contribution is 7.87. The molecule has 12 nitrogen and oxygen atoms in total. The fourth-order valence-corrected chi connectivity index (χ4v) is 7.98. The van der Waals surface area contributed by atoms with Crippen LogP contribution in [-0.4, -0.2) is 92.0 Å². The van der Waals surface area contributed by atoms with E-state index in [1.165, 1.54) is 24.3 Å². The third-order valence-electron chi connectivity index (χ3n) is 9.13. The number of nitriles is 1. The molecule has 3 atom stereocenters. The van der Waals surface area contributed by atoms with Gasteiger partial charge in [0.2, 0.25) is 5.88 Å². The van der Waals surface area contributed by atoms with Gasteiger partial charge < -0.3 is 19.1 Å². The number of anilines is 1. The first-order valence-corrected chi connectivity index (χ1v) is 16.8. The molecule has 13 heteroatoms. The number of nitrogens with zero attached hydrogens (tertiary/aromatic N) is 5. The maximum absolute atomic E-state index is 15.4. The average Bonchev–Trinajstić information content (AvgIpc) is 3.50. The molecule has 46 heavy (non-hydrogen) atoms. The minimum atomic E-state index is -4.58. The zero-order valence-electron chi connectivity index (χ0n) is 25.7. The number of pyridine rings is 1. The van der Waals surface area contributed by atoms with Crippen LogP contribution in [0.15, 0.2) is 77.8 Å². The first-order valence-electron chi connectivity index (χ1n) is 15.4. The number of carbonyl (C=O) groups excluding carboxylic acids is 2. The summed E-state index contributed by atoms with van der Waals surface area (Å²) < 4.78 is 37.5. The van der Waals surface area contributed by atoms with Crippen LogP contribution >= 0.6 is 0 Å². The number of fused-ring (bicyclic) bond motifs is 1. The number of hydrogen-bond donors (Lipinski definition) is 1. The van der Waals surface area contributed by atoms with Gasteiger partial charge in [0, 0.05) is 36.0 Å². The van der Waals surface area contributed by atoms with Crippen LogP contribution in [-0.2, 0) is 24.6 Å². The molecule has 3 unspecified atom stereocenters. The van der Waals surface area contributed by atoms with Gasteiger partial charge in [-0.2, -0.15) is 13.7 Å². The Morgan fingerprint density at radius 2 is 1.80 bits per heavy atom. The number of para-hydroxylation sites is 1. The molecule has 0 radical (unpaired) electrons. The van der Waals surface area contributed by atoms with Crippen molar-refractivity contribution in [1.29, 1.82) is 5.26 Å². The zero-order valence-corrected chi connectivity index (χ0v) is 26.5. The number of piperidine rings is 1.